The van der Waals surface area contributed by atoms with Crippen LogP contribution >= 0.6 is 24.0 Å². The summed E-state index contributed by atoms with van der Waals surface area (Å²) in [6.07, 6.45) is 4.37. The van der Waals surface area contributed by atoms with Crippen LogP contribution in [0.25, 0.3) is 6.08 Å². The van der Waals surface area contributed by atoms with Gasteiger partial charge in [-0.3, -0.25) is 14.5 Å². The predicted molar refractivity (Wildman–Crippen MR) is 132 cm³/mol. The molecule has 0 atom stereocenters. The maximum atomic E-state index is 12.7. The van der Waals surface area contributed by atoms with Crippen molar-refractivity contribution in [2.24, 2.45) is 0 Å². The van der Waals surface area contributed by atoms with Gasteiger partial charge in [0.2, 0.25) is 5.91 Å². The SMILES string of the molecule is Cc1ccc(/C=C2\SC(=S)N(CCCCCC(=O)Nc3cccc(C(=O)O)c3)C2=O)cc1. The third-order valence-electron chi connectivity index (χ3n) is 4.93. The first-order chi connectivity index (χ1) is 15.3. The van der Waals surface area contributed by atoms with Crippen molar-refractivity contribution in [3.63, 3.8) is 0 Å². The summed E-state index contributed by atoms with van der Waals surface area (Å²) in [6, 6.07) is 14.1. The number of hydrogen-bond donors (Lipinski definition) is 2. The molecule has 0 aliphatic carbocycles. The van der Waals surface area contributed by atoms with Crippen LogP contribution < -0.4 is 5.32 Å². The standard InChI is InChI=1S/C24H24N2O4S2/c1-16-9-11-17(12-10-16)14-20-22(28)26(24(31)32-20)13-4-2-3-8-21(27)25-19-7-5-6-18(15-19)23(29)30/h5-7,9-12,14-15H,2-4,8,13H2,1H3,(H,25,27)(H,29,30)/b20-14-. The molecule has 166 valence electrons. The van der Waals surface area contributed by atoms with Gasteiger partial charge in [0.1, 0.15) is 4.32 Å². The number of nitrogens with one attached hydrogen (secondary N) is 1. The van der Waals surface area contributed by atoms with Crippen LogP contribution in [0.4, 0.5) is 5.69 Å². The fraction of sp³-hybridized carbons (Fsp3) is 0.250. The minimum Gasteiger partial charge on any atom is -0.478 e. The van der Waals surface area contributed by atoms with Crippen LogP contribution in [-0.4, -0.2) is 38.7 Å². The molecule has 1 aliphatic rings. The number of thioether (sulfide) groups is 1. The number of rotatable bonds is 9. The van der Waals surface area contributed by atoms with Crippen molar-refractivity contribution in [2.75, 3.05) is 11.9 Å². The zero-order chi connectivity index (χ0) is 23.1. The topological polar surface area (TPSA) is 86.7 Å². The van der Waals surface area contributed by atoms with E-state index in [1.54, 1.807) is 17.0 Å². The molecule has 2 amide bonds. The molecule has 0 saturated carbocycles. The van der Waals surface area contributed by atoms with E-state index in [1.165, 1.54) is 23.9 Å². The number of nitrogens with zero attached hydrogens (tertiary/aromatic N) is 1. The van der Waals surface area contributed by atoms with Crippen molar-refractivity contribution in [3.8, 4) is 0 Å². The summed E-state index contributed by atoms with van der Waals surface area (Å²) in [5, 5.41) is 11.7. The Labute approximate surface area is 196 Å². The molecule has 2 aromatic rings. The second-order valence-electron chi connectivity index (χ2n) is 7.49. The fourth-order valence-electron chi connectivity index (χ4n) is 3.19. The third-order valence-corrected chi connectivity index (χ3v) is 6.31. The lowest BCUT2D eigenvalue weighted by Crippen LogP contribution is -2.29. The molecular formula is C24H24N2O4S2. The van der Waals surface area contributed by atoms with E-state index in [4.69, 9.17) is 17.3 Å². The van der Waals surface area contributed by atoms with Gasteiger partial charge in [-0.25, -0.2) is 4.79 Å². The fourth-order valence-corrected chi connectivity index (χ4v) is 4.50. The number of carbonyl (C=O) groups excluding carboxylic acids is 2. The monoisotopic (exact) mass is 468 g/mol. The van der Waals surface area contributed by atoms with Gasteiger partial charge in [-0.15, -0.1) is 0 Å². The first-order valence-electron chi connectivity index (χ1n) is 10.3. The molecule has 6 nitrogen and oxygen atoms in total. The van der Waals surface area contributed by atoms with Gasteiger partial charge >= 0.3 is 5.97 Å². The molecule has 0 aromatic heterocycles. The number of unbranched alkanes of at least 4 members (excludes halogenated alkanes) is 2. The molecule has 1 heterocycles. The Morgan fingerprint density at radius 3 is 2.59 bits per heavy atom. The first kappa shape index (κ1) is 23.7. The molecular weight excluding hydrogens is 444 g/mol. The minimum absolute atomic E-state index is 0.0726. The highest BCUT2D eigenvalue weighted by molar-refractivity contribution is 8.26. The van der Waals surface area contributed by atoms with Crippen LogP contribution in [0.15, 0.2) is 53.4 Å². The Morgan fingerprint density at radius 2 is 1.88 bits per heavy atom. The molecule has 1 fully saturated rings. The summed E-state index contributed by atoms with van der Waals surface area (Å²) >= 11 is 6.69. The van der Waals surface area contributed by atoms with Gasteiger partial charge in [-0.1, -0.05) is 66.3 Å². The normalized spacial score (nSPS) is 14.8. The Kier molecular flexibility index (Phi) is 8.19. The van der Waals surface area contributed by atoms with Gasteiger partial charge in [-0.05, 0) is 49.6 Å². The highest BCUT2D eigenvalue weighted by atomic mass is 32.2. The Balaban J connectivity index is 1.41. The van der Waals surface area contributed by atoms with Crippen LogP contribution in [0.5, 0.6) is 0 Å². The van der Waals surface area contributed by atoms with Crippen molar-refractivity contribution in [2.45, 2.75) is 32.6 Å². The number of aryl methyl sites for hydroxylation is 1. The van der Waals surface area contributed by atoms with Crippen molar-refractivity contribution in [1.29, 1.82) is 0 Å². The summed E-state index contributed by atoms with van der Waals surface area (Å²) in [5.41, 5.74) is 2.73. The van der Waals surface area contributed by atoms with E-state index in [0.717, 1.165) is 24.0 Å². The minimum atomic E-state index is -1.04. The number of thiocarbonyl (C=S) groups is 1. The number of aromatic carboxylic acids is 1. The Morgan fingerprint density at radius 1 is 1.12 bits per heavy atom. The maximum absolute atomic E-state index is 12.7. The number of benzene rings is 2. The number of anilines is 1. The lowest BCUT2D eigenvalue weighted by atomic mass is 10.1. The number of hydrogen-bond acceptors (Lipinski definition) is 5. The smallest absolute Gasteiger partial charge is 0.335 e. The zero-order valence-electron chi connectivity index (χ0n) is 17.7. The lowest BCUT2D eigenvalue weighted by Gasteiger charge is -2.14. The molecule has 2 aromatic carbocycles. The van der Waals surface area contributed by atoms with Crippen LogP contribution in [0, 0.1) is 6.92 Å². The van der Waals surface area contributed by atoms with Gasteiger partial charge in [0.25, 0.3) is 5.91 Å². The van der Waals surface area contributed by atoms with Crippen molar-refractivity contribution in [1.82, 2.24) is 4.90 Å². The molecule has 3 rings (SSSR count). The molecule has 2 N–H and O–H groups in total. The van der Waals surface area contributed by atoms with Crippen molar-refractivity contribution < 1.29 is 19.5 Å². The maximum Gasteiger partial charge on any atom is 0.335 e. The van der Waals surface area contributed by atoms with Gasteiger partial charge in [0.05, 0.1) is 10.5 Å². The molecule has 0 bridgehead atoms. The molecule has 1 aliphatic heterocycles. The van der Waals surface area contributed by atoms with E-state index in [1.807, 2.05) is 37.3 Å². The van der Waals surface area contributed by atoms with E-state index < -0.39 is 5.97 Å². The average Bonchev–Trinajstić information content (AvgIpc) is 3.02. The molecule has 0 spiro atoms. The number of amides is 2. The van der Waals surface area contributed by atoms with E-state index in [0.29, 0.717) is 34.3 Å². The summed E-state index contributed by atoms with van der Waals surface area (Å²) in [7, 11) is 0. The first-order valence-corrected chi connectivity index (χ1v) is 11.5. The average molecular weight is 469 g/mol. The second kappa shape index (κ2) is 11.1. The summed E-state index contributed by atoms with van der Waals surface area (Å²) in [6.45, 7) is 2.54. The Hall–Kier alpha value is -2.97. The largest absolute Gasteiger partial charge is 0.478 e. The zero-order valence-corrected chi connectivity index (χ0v) is 19.3. The molecule has 0 unspecified atom stereocenters. The van der Waals surface area contributed by atoms with Gasteiger partial charge in [-0.2, -0.15) is 0 Å². The lowest BCUT2D eigenvalue weighted by molar-refractivity contribution is -0.122. The van der Waals surface area contributed by atoms with Crippen LogP contribution in [0.2, 0.25) is 0 Å². The molecule has 0 radical (unpaired) electrons. The predicted octanol–water partition coefficient (Wildman–Crippen LogP) is 5.09. The summed E-state index contributed by atoms with van der Waals surface area (Å²) in [5.74, 6) is -1.28. The highest BCUT2D eigenvalue weighted by Gasteiger charge is 2.31. The third kappa shape index (κ3) is 6.51. The summed E-state index contributed by atoms with van der Waals surface area (Å²) < 4.78 is 0.560. The van der Waals surface area contributed by atoms with Crippen LogP contribution in [0.1, 0.15) is 47.2 Å². The quantitative estimate of drug-likeness (QED) is 0.303. The van der Waals surface area contributed by atoms with E-state index in [2.05, 4.69) is 5.32 Å². The number of carboxylic acids is 1. The molecule has 1 saturated heterocycles. The van der Waals surface area contributed by atoms with E-state index in [9.17, 15) is 14.4 Å². The van der Waals surface area contributed by atoms with Crippen molar-refractivity contribution >= 4 is 57.8 Å². The molecule has 8 heteroatoms. The number of carbonyl (C=O) groups is 3. The Bertz CT molecular complexity index is 1060. The van der Waals surface area contributed by atoms with Gasteiger partial charge in [0, 0.05) is 18.7 Å². The highest BCUT2D eigenvalue weighted by Crippen LogP contribution is 2.32. The number of carboxylic acid groups (broad SMARTS) is 1. The van der Waals surface area contributed by atoms with Crippen LogP contribution in [0.3, 0.4) is 0 Å². The summed E-state index contributed by atoms with van der Waals surface area (Å²) in [4.78, 5) is 38.0. The van der Waals surface area contributed by atoms with E-state index in [-0.39, 0.29) is 17.4 Å². The molecule has 32 heavy (non-hydrogen) atoms. The van der Waals surface area contributed by atoms with E-state index >= 15 is 0 Å². The van der Waals surface area contributed by atoms with Gasteiger partial charge < -0.3 is 10.4 Å². The van der Waals surface area contributed by atoms with Crippen LogP contribution in [-0.2, 0) is 9.59 Å². The van der Waals surface area contributed by atoms with Crippen molar-refractivity contribution in [3.05, 3.63) is 70.1 Å². The van der Waals surface area contributed by atoms with Gasteiger partial charge in [0.15, 0.2) is 0 Å². The second-order valence-corrected chi connectivity index (χ2v) is 9.16.